The molecule has 0 spiro atoms. The Morgan fingerprint density at radius 1 is 1.41 bits per heavy atom. The predicted molar refractivity (Wildman–Crippen MR) is 67.2 cm³/mol. The van der Waals surface area contributed by atoms with Gasteiger partial charge in [0.25, 0.3) is 0 Å². The normalized spacial score (nSPS) is 11.9. The summed E-state index contributed by atoms with van der Waals surface area (Å²) in [5.74, 6) is -0.0825. The maximum absolute atomic E-state index is 11.7. The number of anilines is 1. The minimum atomic E-state index is -0.506. The van der Waals surface area contributed by atoms with Crippen molar-refractivity contribution in [2.75, 3.05) is 5.32 Å². The van der Waals surface area contributed by atoms with Crippen LogP contribution in [0, 0.1) is 17.2 Å². The molecule has 0 radical (unpaired) electrons. The summed E-state index contributed by atoms with van der Waals surface area (Å²) in [4.78, 5) is 11.7. The molecule has 0 bridgehead atoms. The molecule has 3 N–H and O–H groups in total. The summed E-state index contributed by atoms with van der Waals surface area (Å²) in [7, 11) is 0. The molecule has 90 valence electrons. The highest BCUT2D eigenvalue weighted by atomic mass is 16.2. The van der Waals surface area contributed by atoms with Crippen molar-refractivity contribution < 1.29 is 4.79 Å². The SMILES string of the molecule is CC(C)[C@H](N)C(=O)Nc1ccc(CC#N)cc1. The van der Waals surface area contributed by atoms with Crippen LogP contribution in [0.4, 0.5) is 5.69 Å². The number of carbonyl (C=O) groups is 1. The van der Waals surface area contributed by atoms with E-state index in [2.05, 4.69) is 11.4 Å². The molecule has 0 saturated carbocycles. The van der Waals surface area contributed by atoms with Gasteiger partial charge in [-0.15, -0.1) is 0 Å². The van der Waals surface area contributed by atoms with Crippen molar-refractivity contribution in [1.29, 1.82) is 5.26 Å². The fraction of sp³-hybridized carbons (Fsp3) is 0.385. The largest absolute Gasteiger partial charge is 0.325 e. The molecular formula is C13H17N3O. The van der Waals surface area contributed by atoms with Crippen molar-refractivity contribution in [3.05, 3.63) is 29.8 Å². The van der Waals surface area contributed by atoms with E-state index in [4.69, 9.17) is 11.0 Å². The van der Waals surface area contributed by atoms with Crippen LogP contribution in [0.3, 0.4) is 0 Å². The lowest BCUT2D eigenvalue weighted by Crippen LogP contribution is -2.39. The number of nitriles is 1. The second-order valence-electron chi connectivity index (χ2n) is 4.29. The van der Waals surface area contributed by atoms with E-state index < -0.39 is 6.04 Å². The summed E-state index contributed by atoms with van der Waals surface area (Å²) in [6.07, 6.45) is 0.375. The monoisotopic (exact) mass is 231 g/mol. The first-order chi connectivity index (χ1) is 8.04. The number of nitrogens with zero attached hydrogens (tertiary/aromatic N) is 1. The van der Waals surface area contributed by atoms with Crippen LogP contribution < -0.4 is 11.1 Å². The molecule has 1 amide bonds. The lowest BCUT2D eigenvalue weighted by molar-refractivity contribution is -0.118. The van der Waals surface area contributed by atoms with Gasteiger partial charge >= 0.3 is 0 Å². The van der Waals surface area contributed by atoms with E-state index in [-0.39, 0.29) is 11.8 Å². The van der Waals surface area contributed by atoms with Crippen LogP contribution in [0.15, 0.2) is 24.3 Å². The van der Waals surface area contributed by atoms with Gasteiger partial charge in [0.2, 0.25) is 5.91 Å². The zero-order chi connectivity index (χ0) is 12.8. The molecule has 4 heteroatoms. The highest BCUT2D eigenvalue weighted by Crippen LogP contribution is 2.11. The molecule has 0 aliphatic rings. The summed E-state index contributed by atoms with van der Waals surface area (Å²) < 4.78 is 0. The first-order valence-electron chi connectivity index (χ1n) is 5.57. The summed E-state index contributed by atoms with van der Waals surface area (Å²) in [5, 5.41) is 11.3. The first-order valence-corrected chi connectivity index (χ1v) is 5.57. The van der Waals surface area contributed by atoms with Gasteiger partial charge in [0.1, 0.15) is 0 Å². The van der Waals surface area contributed by atoms with Gasteiger partial charge in [0.15, 0.2) is 0 Å². The maximum atomic E-state index is 11.7. The van der Waals surface area contributed by atoms with Crippen molar-refractivity contribution in [2.45, 2.75) is 26.3 Å². The molecule has 17 heavy (non-hydrogen) atoms. The Hall–Kier alpha value is -1.86. The van der Waals surface area contributed by atoms with Crippen molar-refractivity contribution >= 4 is 11.6 Å². The van der Waals surface area contributed by atoms with Gasteiger partial charge in [-0.1, -0.05) is 26.0 Å². The third-order valence-corrected chi connectivity index (χ3v) is 2.53. The number of carbonyl (C=O) groups excluding carboxylic acids is 1. The molecular weight excluding hydrogens is 214 g/mol. The smallest absolute Gasteiger partial charge is 0.241 e. The molecule has 0 fully saturated rings. The zero-order valence-electron chi connectivity index (χ0n) is 10.1. The van der Waals surface area contributed by atoms with E-state index in [1.165, 1.54) is 0 Å². The number of nitrogens with two attached hydrogens (primary N) is 1. The fourth-order valence-corrected chi connectivity index (χ4v) is 1.33. The van der Waals surface area contributed by atoms with Crippen molar-refractivity contribution in [3.8, 4) is 6.07 Å². The molecule has 1 atom stereocenters. The van der Waals surface area contributed by atoms with Gasteiger partial charge in [-0.25, -0.2) is 0 Å². The van der Waals surface area contributed by atoms with E-state index in [9.17, 15) is 4.79 Å². The molecule has 1 rings (SSSR count). The molecule has 1 aromatic rings. The van der Waals surface area contributed by atoms with Gasteiger partial charge in [0, 0.05) is 5.69 Å². The first kappa shape index (κ1) is 13.2. The van der Waals surface area contributed by atoms with Crippen LogP contribution >= 0.6 is 0 Å². The number of rotatable bonds is 4. The summed E-state index contributed by atoms with van der Waals surface area (Å²) in [5.41, 5.74) is 7.36. The molecule has 4 nitrogen and oxygen atoms in total. The van der Waals surface area contributed by atoms with Crippen LogP contribution in [0.25, 0.3) is 0 Å². The molecule has 1 aromatic carbocycles. The Morgan fingerprint density at radius 2 is 2.00 bits per heavy atom. The maximum Gasteiger partial charge on any atom is 0.241 e. The van der Waals surface area contributed by atoms with Gasteiger partial charge in [0.05, 0.1) is 18.5 Å². The highest BCUT2D eigenvalue weighted by Gasteiger charge is 2.16. The summed E-state index contributed by atoms with van der Waals surface area (Å²) in [6, 6.07) is 8.75. The zero-order valence-corrected chi connectivity index (χ0v) is 10.1. The van der Waals surface area contributed by atoms with Crippen LogP contribution in [-0.2, 0) is 11.2 Å². The molecule has 0 saturated heterocycles. The number of amides is 1. The Kier molecular flexibility index (Phi) is 4.68. The average molecular weight is 231 g/mol. The Labute approximate surface area is 101 Å². The lowest BCUT2D eigenvalue weighted by Gasteiger charge is -2.15. The van der Waals surface area contributed by atoms with Crippen LogP contribution in [0.1, 0.15) is 19.4 Å². The van der Waals surface area contributed by atoms with Gasteiger partial charge in [-0.05, 0) is 23.6 Å². The average Bonchev–Trinajstić information content (AvgIpc) is 2.30. The minimum Gasteiger partial charge on any atom is -0.325 e. The van der Waals surface area contributed by atoms with E-state index >= 15 is 0 Å². The van der Waals surface area contributed by atoms with Crippen molar-refractivity contribution in [3.63, 3.8) is 0 Å². The Bertz CT molecular complexity index is 417. The fourth-order valence-electron chi connectivity index (χ4n) is 1.33. The highest BCUT2D eigenvalue weighted by molar-refractivity contribution is 5.94. The molecule has 0 aliphatic carbocycles. The summed E-state index contributed by atoms with van der Waals surface area (Å²) in [6.45, 7) is 3.81. The van der Waals surface area contributed by atoms with E-state index in [1.54, 1.807) is 12.1 Å². The number of nitrogens with one attached hydrogen (secondary N) is 1. The lowest BCUT2D eigenvalue weighted by atomic mass is 10.0. The van der Waals surface area contributed by atoms with E-state index in [1.807, 2.05) is 26.0 Å². The molecule has 0 unspecified atom stereocenters. The Balaban J connectivity index is 2.64. The molecule has 0 heterocycles. The third-order valence-electron chi connectivity index (χ3n) is 2.53. The second kappa shape index (κ2) is 6.02. The van der Waals surface area contributed by atoms with Crippen molar-refractivity contribution in [2.24, 2.45) is 11.7 Å². The van der Waals surface area contributed by atoms with Crippen LogP contribution in [0.5, 0.6) is 0 Å². The van der Waals surface area contributed by atoms with E-state index in [0.717, 1.165) is 5.56 Å². The minimum absolute atomic E-state index is 0.105. The Morgan fingerprint density at radius 3 is 2.47 bits per heavy atom. The standard InChI is InChI=1S/C13H17N3O/c1-9(2)12(15)13(17)16-11-5-3-10(4-6-11)7-8-14/h3-6,9,12H,7,15H2,1-2H3,(H,16,17)/t12-/m0/s1. The van der Waals surface area contributed by atoms with Gasteiger partial charge in [-0.2, -0.15) is 5.26 Å². The molecule has 0 aliphatic heterocycles. The van der Waals surface area contributed by atoms with Crippen molar-refractivity contribution in [1.82, 2.24) is 0 Å². The summed E-state index contributed by atoms with van der Waals surface area (Å²) >= 11 is 0. The predicted octanol–water partition coefficient (Wildman–Crippen LogP) is 1.67. The third kappa shape index (κ3) is 3.89. The second-order valence-corrected chi connectivity index (χ2v) is 4.29. The van der Waals surface area contributed by atoms with Gasteiger partial charge in [-0.3, -0.25) is 4.79 Å². The van der Waals surface area contributed by atoms with E-state index in [0.29, 0.717) is 12.1 Å². The topological polar surface area (TPSA) is 78.9 Å². The number of hydrogen-bond acceptors (Lipinski definition) is 3. The van der Waals surface area contributed by atoms with Crippen LogP contribution in [0.2, 0.25) is 0 Å². The number of hydrogen-bond donors (Lipinski definition) is 2. The molecule has 0 aromatic heterocycles. The van der Waals surface area contributed by atoms with Crippen LogP contribution in [-0.4, -0.2) is 11.9 Å². The number of benzene rings is 1. The quantitative estimate of drug-likeness (QED) is 0.827. The van der Waals surface area contributed by atoms with Gasteiger partial charge < -0.3 is 11.1 Å².